The van der Waals surface area contributed by atoms with E-state index >= 15 is 0 Å². The molecule has 17 heavy (non-hydrogen) atoms. The van der Waals surface area contributed by atoms with Crippen LogP contribution in [-0.4, -0.2) is 11.5 Å². The van der Waals surface area contributed by atoms with Gasteiger partial charge in [-0.25, -0.2) is 0 Å². The van der Waals surface area contributed by atoms with E-state index in [1.54, 1.807) is 0 Å². The van der Waals surface area contributed by atoms with Gasteiger partial charge in [-0.2, -0.15) is 0 Å². The topological polar surface area (TPSA) is 0 Å². The molecule has 0 saturated carbocycles. The van der Waals surface area contributed by atoms with Crippen molar-refractivity contribution in [2.24, 2.45) is 0 Å². The van der Waals surface area contributed by atoms with Gasteiger partial charge in [0.1, 0.15) is 0 Å². The molecule has 0 radical (unpaired) electrons. The van der Waals surface area contributed by atoms with Gasteiger partial charge in [-0.05, 0) is 0 Å². The molecule has 0 N–H and O–H groups in total. The van der Waals surface area contributed by atoms with E-state index in [2.05, 4.69) is 27.7 Å². The van der Waals surface area contributed by atoms with Crippen molar-refractivity contribution < 1.29 is 7.36 Å². The van der Waals surface area contributed by atoms with Gasteiger partial charge in [0.2, 0.25) is 0 Å². The third kappa shape index (κ3) is 5.77. The van der Waals surface area contributed by atoms with E-state index in [1.807, 2.05) is 18.9 Å². The van der Waals surface area contributed by atoms with Crippen LogP contribution in [0.4, 0.5) is 0 Å². The summed E-state index contributed by atoms with van der Waals surface area (Å²) in [5.41, 5.74) is 0. The second-order valence-electron chi connectivity index (χ2n) is 4.61. The van der Waals surface area contributed by atoms with Crippen LogP contribution in [0.5, 0.6) is 0 Å². The fourth-order valence-electron chi connectivity index (χ4n) is 1.93. The summed E-state index contributed by atoms with van der Waals surface area (Å²) in [6.07, 6.45) is 4.71. The van der Waals surface area contributed by atoms with E-state index in [1.165, 1.54) is 12.8 Å². The molecule has 0 fully saturated rings. The van der Waals surface area contributed by atoms with Crippen LogP contribution in [0.25, 0.3) is 0 Å². The zero-order valence-corrected chi connectivity index (χ0v) is 17.0. The molecule has 0 aliphatic heterocycles. The van der Waals surface area contributed by atoms with Crippen molar-refractivity contribution in [2.45, 2.75) is 63.0 Å². The zero-order chi connectivity index (χ0) is 13.5. The summed E-state index contributed by atoms with van der Waals surface area (Å²) in [6, 6.07) is 0. The first-order valence-electron chi connectivity index (χ1n) is 6.65. The Kier molecular flexibility index (Phi) is 7.77. The SMILES string of the molecule is CCC[S][Mo](=[S])(=[S])([CH2]CC)([CH2]CC)[S]CCC. The van der Waals surface area contributed by atoms with Crippen LogP contribution >= 0.6 is 38.6 Å². The van der Waals surface area contributed by atoms with Crippen molar-refractivity contribution in [1.82, 2.24) is 0 Å². The van der Waals surface area contributed by atoms with Crippen molar-refractivity contribution in [3.8, 4) is 0 Å². The molecule has 0 heterocycles. The first-order chi connectivity index (χ1) is 7.80. The first-order valence-corrected chi connectivity index (χ1v) is 21.8. The Hall–Kier alpha value is 1.83. The van der Waals surface area contributed by atoms with Gasteiger partial charge < -0.3 is 0 Å². The molecular formula is C12H28MoS4. The molecule has 0 aromatic carbocycles. The minimum absolute atomic E-state index is 1.13. The molecule has 0 aliphatic rings. The molecule has 0 aromatic rings. The van der Waals surface area contributed by atoms with Crippen molar-refractivity contribution in [2.75, 3.05) is 11.5 Å². The Labute approximate surface area is 119 Å². The molecule has 0 bridgehead atoms. The van der Waals surface area contributed by atoms with E-state index in [9.17, 15) is 0 Å². The molecule has 0 nitrogen and oxygen atoms in total. The van der Waals surface area contributed by atoms with Gasteiger partial charge in [0, 0.05) is 0 Å². The van der Waals surface area contributed by atoms with E-state index < -0.39 is 7.36 Å². The summed E-state index contributed by atoms with van der Waals surface area (Å²) in [4.78, 5) is 2.27. The minimum atomic E-state index is -3.69. The summed E-state index contributed by atoms with van der Waals surface area (Å²) < 4.78 is 0. The molecular weight excluding hydrogens is 368 g/mol. The molecule has 5 heteroatoms. The molecule has 0 unspecified atom stereocenters. The van der Waals surface area contributed by atoms with Gasteiger partial charge in [0.15, 0.2) is 0 Å². The fourth-order valence-corrected chi connectivity index (χ4v) is 38.1. The number of rotatable bonds is 10. The summed E-state index contributed by atoms with van der Waals surface area (Å²) in [7, 11) is 13.1. The van der Waals surface area contributed by atoms with Crippen LogP contribution in [0, 0.1) is 0 Å². The van der Waals surface area contributed by atoms with Crippen LogP contribution in [-0.2, 0) is 7.36 Å². The van der Waals surface area contributed by atoms with Gasteiger partial charge >= 0.3 is 120 Å². The van der Waals surface area contributed by atoms with Crippen LogP contribution in [0.1, 0.15) is 53.4 Å². The van der Waals surface area contributed by atoms with Crippen molar-refractivity contribution in [3.63, 3.8) is 0 Å². The quantitative estimate of drug-likeness (QED) is 0.358. The third-order valence-corrected chi connectivity index (χ3v) is 41.4. The standard InChI is InChI=1S/2C3H8S.2C3H7.Mo.2S/c2*1-2-3-4;2*1-3-2;;;/h2*4H,2-3H2,1H3;2*1,3H2,2H3;;;/q;;;;+2;;/p-2. The maximum absolute atomic E-state index is 6.33. The average Bonchev–Trinajstić information content (AvgIpc) is 2.25. The predicted octanol–water partition coefficient (Wildman–Crippen LogP) is 7.21. The Morgan fingerprint density at radius 1 is 0.706 bits per heavy atom. The summed E-state index contributed by atoms with van der Waals surface area (Å²) >= 11 is 0. The van der Waals surface area contributed by atoms with Gasteiger partial charge in [0.25, 0.3) is 0 Å². The van der Waals surface area contributed by atoms with Gasteiger partial charge in [-0.15, -0.1) is 0 Å². The summed E-state index contributed by atoms with van der Waals surface area (Å²) in [5.74, 6) is 2.32. The normalized spacial score (nSPS) is 16.5. The summed E-state index contributed by atoms with van der Waals surface area (Å²) in [6.45, 7) is 8.97. The van der Waals surface area contributed by atoms with E-state index in [0.717, 1.165) is 34.0 Å². The van der Waals surface area contributed by atoms with Crippen molar-refractivity contribution >= 4 is 38.6 Å². The van der Waals surface area contributed by atoms with Gasteiger partial charge in [0.05, 0.1) is 0 Å². The Bertz CT molecular complexity index is 341. The average molecular weight is 397 g/mol. The molecule has 0 rings (SSSR count). The van der Waals surface area contributed by atoms with Crippen molar-refractivity contribution in [1.29, 1.82) is 0 Å². The number of hydrogen-bond acceptors (Lipinski definition) is 4. The summed E-state index contributed by atoms with van der Waals surface area (Å²) in [5, 5.41) is 0. The van der Waals surface area contributed by atoms with E-state index in [-0.39, 0.29) is 0 Å². The van der Waals surface area contributed by atoms with Crippen LogP contribution in [0.3, 0.4) is 0 Å². The Balaban J connectivity index is 5.37. The van der Waals surface area contributed by atoms with Crippen LogP contribution < -0.4 is 0 Å². The van der Waals surface area contributed by atoms with Crippen molar-refractivity contribution in [3.05, 3.63) is 0 Å². The predicted molar refractivity (Wildman–Crippen MR) is 90.9 cm³/mol. The maximum atomic E-state index is 6.33. The van der Waals surface area contributed by atoms with Crippen LogP contribution in [0.2, 0.25) is 9.62 Å². The molecule has 0 spiro atoms. The third-order valence-electron chi connectivity index (χ3n) is 2.56. The molecule has 0 amide bonds. The number of hydrogen-bond donors (Lipinski definition) is 0. The first kappa shape index (κ1) is 18.8. The molecule has 0 atom stereocenters. The monoisotopic (exact) mass is 398 g/mol. The van der Waals surface area contributed by atoms with Gasteiger partial charge in [-0.3, -0.25) is 0 Å². The fraction of sp³-hybridized carbons (Fsp3) is 1.00. The van der Waals surface area contributed by atoms with Crippen LogP contribution in [0.15, 0.2) is 0 Å². The Morgan fingerprint density at radius 2 is 1.06 bits per heavy atom. The molecule has 0 saturated heterocycles. The van der Waals surface area contributed by atoms with E-state index in [0.29, 0.717) is 0 Å². The second-order valence-corrected chi connectivity index (χ2v) is 49.5. The molecule has 106 valence electrons. The zero-order valence-electron chi connectivity index (χ0n) is 11.7. The van der Waals surface area contributed by atoms with E-state index in [4.69, 9.17) is 19.6 Å². The van der Waals surface area contributed by atoms with Gasteiger partial charge in [-0.1, -0.05) is 0 Å². The Morgan fingerprint density at radius 3 is 1.29 bits per heavy atom. The molecule has 0 aromatic heterocycles. The second kappa shape index (κ2) is 7.01. The molecule has 0 aliphatic carbocycles.